The van der Waals surface area contributed by atoms with Crippen molar-refractivity contribution in [3.8, 4) is 0 Å². The van der Waals surface area contributed by atoms with Gasteiger partial charge in [0.25, 0.3) is 0 Å². The van der Waals surface area contributed by atoms with Gasteiger partial charge >= 0.3 is 0 Å². The third kappa shape index (κ3) is 3.83. The van der Waals surface area contributed by atoms with Crippen LogP contribution in [0, 0.1) is 26.7 Å². The molecule has 1 aromatic rings. The van der Waals surface area contributed by atoms with E-state index >= 15 is 0 Å². The minimum Gasteiger partial charge on any atom is -0.324 e. The fourth-order valence-electron chi connectivity index (χ4n) is 3.19. The topological polar surface area (TPSA) is 32.3 Å². The average molecular weight is 274 g/mol. The Morgan fingerprint density at radius 3 is 2.55 bits per heavy atom. The van der Waals surface area contributed by atoms with Gasteiger partial charge in [0.2, 0.25) is 5.91 Å². The number of nitrogens with zero attached hydrogens (tertiary/aromatic N) is 1. The highest BCUT2D eigenvalue weighted by Gasteiger charge is 2.19. The van der Waals surface area contributed by atoms with Gasteiger partial charge < -0.3 is 5.32 Å². The largest absolute Gasteiger partial charge is 0.324 e. The maximum absolute atomic E-state index is 12.2. The molecule has 1 amide bonds. The van der Waals surface area contributed by atoms with E-state index in [9.17, 15) is 4.79 Å². The summed E-state index contributed by atoms with van der Waals surface area (Å²) in [6.45, 7) is 11.1. The first-order valence-electron chi connectivity index (χ1n) is 7.55. The number of amides is 1. The van der Waals surface area contributed by atoms with Gasteiger partial charge in [-0.05, 0) is 57.2 Å². The molecular formula is C17H26N2O. The molecule has 1 N–H and O–H groups in total. The predicted octanol–water partition coefficient (Wildman–Crippen LogP) is 3.28. The van der Waals surface area contributed by atoms with Crippen molar-refractivity contribution in [3.63, 3.8) is 0 Å². The summed E-state index contributed by atoms with van der Waals surface area (Å²) in [5, 5.41) is 3.09. The molecule has 20 heavy (non-hydrogen) atoms. The maximum atomic E-state index is 12.2. The molecule has 0 aromatic heterocycles. The molecule has 1 fully saturated rings. The van der Waals surface area contributed by atoms with Crippen molar-refractivity contribution in [1.82, 2.24) is 4.90 Å². The lowest BCUT2D eigenvalue weighted by molar-refractivity contribution is -0.117. The molecule has 0 radical (unpaired) electrons. The summed E-state index contributed by atoms with van der Waals surface area (Å²) in [5.41, 5.74) is 4.50. The number of carbonyl (C=O) groups excluding carboxylic acids is 1. The fourth-order valence-corrected chi connectivity index (χ4v) is 3.19. The van der Waals surface area contributed by atoms with E-state index in [4.69, 9.17) is 0 Å². The lowest BCUT2D eigenvalue weighted by atomic mass is 10.0. The third-order valence-electron chi connectivity index (χ3n) is 4.05. The van der Waals surface area contributed by atoms with Crippen LogP contribution in [0.3, 0.4) is 0 Å². The Morgan fingerprint density at radius 1 is 1.30 bits per heavy atom. The van der Waals surface area contributed by atoms with Crippen LogP contribution in [0.15, 0.2) is 12.1 Å². The molecule has 0 spiro atoms. The van der Waals surface area contributed by atoms with Crippen LogP contribution >= 0.6 is 0 Å². The van der Waals surface area contributed by atoms with Gasteiger partial charge in [0.15, 0.2) is 0 Å². The van der Waals surface area contributed by atoms with E-state index in [0.717, 1.165) is 29.9 Å². The predicted molar refractivity (Wildman–Crippen MR) is 84.1 cm³/mol. The van der Waals surface area contributed by atoms with Crippen LogP contribution in [-0.2, 0) is 4.79 Å². The van der Waals surface area contributed by atoms with Crippen LogP contribution in [-0.4, -0.2) is 30.4 Å². The van der Waals surface area contributed by atoms with Gasteiger partial charge in [-0.2, -0.15) is 0 Å². The first kappa shape index (κ1) is 15.0. The lowest BCUT2D eigenvalue weighted by Crippen LogP contribution is -2.39. The highest BCUT2D eigenvalue weighted by molar-refractivity contribution is 5.93. The number of likely N-dealkylation sites (tertiary alicyclic amines) is 1. The van der Waals surface area contributed by atoms with Crippen molar-refractivity contribution >= 4 is 11.6 Å². The summed E-state index contributed by atoms with van der Waals surface area (Å²) < 4.78 is 0. The number of benzene rings is 1. The third-order valence-corrected chi connectivity index (χ3v) is 4.05. The number of hydrogen-bond acceptors (Lipinski definition) is 2. The smallest absolute Gasteiger partial charge is 0.238 e. The van der Waals surface area contributed by atoms with Crippen LogP contribution in [0.5, 0.6) is 0 Å². The minimum atomic E-state index is 0.106. The molecule has 0 saturated carbocycles. The molecule has 1 heterocycles. The summed E-state index contributed by atoms with van der Waals surface area (Å²) >= 11 is 0. The SMILES string of the molecule is Cc1cc(C)c(NC(=O)CN2CCC[C@@H](C)C2)c(C)c1. The second kappa shape index (κ2) is 6.40. The molecular weight excluding hydrogens is 248 g/mol. The molecule has 1 aliphatic rings. The second-order valence-corrected chi connectivity index (χ2v) is 6.30. The second-order valence-electron chi connectivity index (χ2n) is 6.30. The number of nitrogens with one attached hydrogen (secondary N) is 1. The van der Waals surface area contributed by atoms with E-state index in [0.29, 0.717) is 12.5 Å². The molecule has 0 bridgehead atoms. The zero-order valence-corrected chi connectivity index (χ0v) is 13.1. The Kier molecular flexibility index (Phi) is 4.81. The van der Waals surface area contributed by atoms with Crippen molar-refractivity contribution in [1.29, 1.82) is 0 Å². The van der Waals surface area contributed by atoms with E-state index in [1.807, 2.05) is 0 Å². The Balaban J connectivity index is 1.98. The van der Waals surface area contributed by atoms with Gasteiger partial charge in [-0.15, -0.1) is 0 Å². The zero-order chi connectivity index (χ0) is 14.7. The molecule has 0 aliphatic carbocycles. The van der Waals surface area contributed by atoms with Gasteiger partial charge in [-0.25, -0.2) is 0 Å². The Bertz CT molecular complexity index is 473. The molecule has 1 saturated heterocycles. The summed E-state index contributed by atoms with van der Waals surface area (Å²) in [4.78, 5) is 14.5. The van der Waals surface area contributed by atoms with E-state index in [1.165, 1.54) is 18.4 Å². The molecule has 1 atom stereocenters. The van der Waals surface area contributed by atoms with E-state index in [1.54, 1.807) is 0 Å². The van der Waals surface area contributed by atoms with Crippen LogP contribution in [0.4, 0.5) is 5.69 Å². The van der Waals surface area contributed by atoms with Crippen LogP contribution in [0.1, 0.15) is 36.5 Å². The quantitative estimate of drug-likeness (QED) is 0.917. The fraction of sp³-hybridized carbons (Fsp3) is 0.588. The first-order chi connectivity index (χ1) is 9.45. The van der Waals surface area contributed by atoms with E-state index in [-0.39, 0.29) is 5.91 Å². The number of aryl methyl sites for hydroxylation is 3. The van der Waals surface area contributed by atoms with Crippen LogP contribution in [0.25, 0.3) is 0 Å². The van der Waals surface area contributed by atoms with Gasteiger partial charge in [-0.3, -0.25) is 9.69 Å². The van der Waals surface area contributed by atoms with Crippen molar-refractivity contribution < 1.29 is 4.79 Å². The maximum Gasteiger partial charge on any atom is 0.238 e. The van der Waals surface area contributed by atoms with Gasteiger partial charge in [0.05, 0.1) is 6.54 Å². The number of hydrogen-bond donors (Lipinski definition) is 1. The Morgan fingerprint density at radius 2 is 1.95 bits per heavy atom. The average Bonchev–Trinajstić information content (AvgIpc) is 2.33. The molecule has 1 aromatic carbocycles. The van der Waals surface area contributed by atoms with Crippen LogP contribution < -0.4 is 5.32 Å². The molecule has 110 valence electrons. The van der Waals surface area contributed by atoms with E-state index < -0.39 is 0 Å². The number of carbonyl (C=O) groups is 1. The first-order valence-corrected chi connectivity index (χ1v) is 7.55. The zero-order valence-electron chi connectivity index (χ0n) is 13.1. The Hall–Kier alpha value is -1.35. The molecule has 3 nitrogen and oxygen atoms in total. The van der Waals surface area contributed by atoms with Crippen molar-refractivity contribution in [2.45, 2.75) is 40.5 Å². The van der Waals surface area contributed by atoms with Crippen molar-refractivity contribution in [2.75, 3.05) is 25.0 Å². The highest BCUT2D eigenvalue weighted by atomic mass is 16.2. The number of anilines is 1. The van der Waals surface area contributed by atoms with Gasteiger partial charge in [-0.1, -0.05) is 24.6 Å². The summed E-state index contributed by atoms with van der Waals surface area (Å²) in [5.74, 6) is 0.813. The lowest BCUT2D eigenvalue weighted by Gasteiger charge is -2.30. The number of piperidine rings is 1. The Labute approximate surface area is 122 Å². The van der Waals surface area contributed by atoms with Crippen molar-refractivity contribution in [3.05, 3.63) is 28.8 Å². The molecule has 0 unspecified atom stereocenters. The van der Waals surface area contributed by atoms with Crippen LogP contribution in [0.2, 0.25) is 0 Å². The molecule has 1 aliphatic heterocycles. The summed E-state index contributed by atoms with van der Waals surface area (Å²) in [7, 11) is 0. The standard InChI is InChI=1S/C17H26N2O/c1-12-6-5-7-19(10-12)11-16(20)18-17-14(3)8-13(2)9-15(17)4/h8-9,12H,5-7,10-11H2,1-4H3,(H,18,20)/t12-/m1/s1. The van der Waals surface area contributed by atoms with Crippen molar-refractivity contribution in [2.24, 2.45) is 5.92 Å². The summed E-state index contributed by atoms with van der Waals surface area (Å²) in [6.07, 6.45) is 2.49. The van der Waals surface area contributed by atoms with Gasteiger partial charge in [0.1, 0.15) is 0 Å². The molecule has 3 heteroatoms. The minimum absolute atomic E-state index is 0.106. The number of rotatable bonds is 3. The highest BCUT2D eigenvalue weighted by Crippen LogP contribution is 2.22. The van der Waals surface area contributed by atoms with Gasteiger partial charge in [0, 0.05) is 12.2 Å². The van der Waals surface area contributed by atoms with E-state index in [2.05, 4.69) is 50.0 Å². The molecule has 2 rings (SSSR count). The normalized spacial score (nSPS) is 19.9. The summed E-state index contributed by atoms with van der Waals surface area (Å²) in [6, 6.07) is 4.23. The monoisotopic (exact) mass is 274 g/mol.